The van der Waals surface area contributed by atoms with Crippen molar-refractivity contribution in [2.24, 2.45) is 0 Å². The van der Waals surface area contributed by atoms with Gasteiger partial charge in [-0.25, -0.2) is 13.1 Å². The topological polar surface area (TPSA) is 72.2 Å². The summed E-state index contributed by atoms with van der Waals surface area (Å²) in [6.07, 6.45) is 6.11. The number of hydrogen-bond acceptors (Lipinski definition) is 4. The first-order chi connectivity index (χ1) is 9.83. The van der Waals surface area contributed by atoms with E-state index in [0.717, 1.165) is 25.7 Å². The standard InChI is InChI=1S/C15H24N2O2S2/c1-10-8-12(16)9-11(2)15(10)21(18,19)17-13-4-6-14(20-3)7-5-13/h8-9,13-14,17H,4-7,16H2,1-3H3. The minimum absolute atomic E-state index is 0.0507. The number of thioether (sulfide) groups is 1. The van der Waals surface area contributed by atoms with Crippen molar-refractivity contribution < 1.29 is 8.42 Å². The molecule has 3 N–H and O–H groups in total. The maximum atomic E-state index is 12.6. The largest absolute Gasteiger partial charge is 0.399 e. The molecule has 21 heavy (non-hydrogen) atoms. The molecular formula is C15H24N2O2S2. The van der Waals surface area contributed by atoms with Crippen molar-refractivity contribution in [2.75, 3.05) is 12.0 Å². The van der Waals surface area contributed by atoms with Crippen LogP contribution in [0.2, 0.25) is 0 Å². The van der Waals surface area contributed by atoms with Crippen molar-refractivity contribution in [3.63, 3.8) is 0 Å². The van der Waals surface area contributed by atoms with Crippen molar-refractivity contribution in [1.29, 1.82) is 0 Å². The maximum Gasteiger partial charge on any atom is 0.241 e. The lowest BCUT2D eigenvalue weighted by Gasteiger charge is -2.28. The van der Waals surface area contributed by atoms with Crippen LogP contribution in [-0.4, -0.2) is 26.0 Å². The average molecular weight is 329 g/mol. The second-order valence-corrected chi connectivity index (χ2v) is 8.60. The lowest BCUT2D eigenvalue weighted by molar-refractivity contribution is 0.420. The van der Waals surface area contributed by atoms with Gasteiger partial charge < -0.3 is 5.73 Å². The van der Waals surface area contributed by atoms with Gasteiger partial charge in [-0.2, -0.15) is 11.8 Å². The van der Waals surface area contributed by atoms with Crippen LogP contribution in [0.3, 0.4) is 0 Å². The van der Waals surface area contributed by atoms with Crippen LogP contribution < -0.4 is 10.5 Å². The van der Waals surface area contributed by atoms with Crippen LogP contribution >= 0.6 is 11.8 Å². The Kier molecular flexibility index (Phi) is 5.22. The molecule has 1 aliphatic carbocycles. The number of benzene rings is 1. The van der Waals surface area contributed by atoms with Gasteiger partial charge in [0.1, 0.15) is 0 Å². The van der Waals surface area contributed by atoms with Crippen LogP contribution in [0.4, 0.5) is 5.69 Å². The molecule has 0 aliphatic heterocycles. The van der Waals surface area contributed by atoms with Gasteiger partial charge in [0, 0.05) is 17.0 Å². The third-order valence-electron chi connectivity index (χ3n) is 4.08. The number of sulfonamides is 1. The van der Waals surface area contributed by atoms with E-state index < -0.39 is 10.0 Å². The Balaban J connectivity index is 2.16. The highest BCUT2D eigenvalue weighted by Crippen LogP contribution is 2.29. The molecule has 0 aromatic heterocycles. The molecule has 0 radical (unpaired) electrons. The molecule has 1 aromatic carbocycles. The molecular weight excluding hydrogens is 304 g/mol. The number of anilines is 1. The molecule has 4 nitrogen and oxygen atoms in total. The molecule has 0 heterocycles. The number of nitrogens with one attached hydrogen (secondary N) is 1. The minimum Gasteiger partial charge on any atom is -0.399 e. The zero-order valence-corrected chi connectivity index (χ0v) is 14.5. The summed E-state index contributed by atoms with van der Waals surface area (Å²) in [5, 5.41) is 0.672. The van der Waals surface area contributed by atoms with Gasteiger partial charge in [-0.3, -0.25) is 0 Å². The Morgan fingerprint density at radius 2 is 1.67 bits per heavy atom. The van der Waals surface area contributed by atoms with Gasteiger partial charge in [-0.15, -0.1) is 0 Å². The van der Waals surface area contributed by atoms with Crippen molar-refractivity contribution in [3.8, 4) is 0 Å². The molecule has 0 bridgehead atoms. The molecule has 1 saturated carbocycles. The van der Waals surface area contributed by atoms with E-state index in [1.807, 2.05) is 11.8 Å². The van der Waals surface area contributed by atoms with Crippen LogP contribution in [0.25, 0.3) is 0 Å². The normalized spacial score (nSPS) is 23.2. The molecule has 1 fully saturated rings. The number of nitrogens with two attached hydrogens (primary N) is 1. The smallest absolute Gasteiger partial charge is 0.241 e. The van der Waals surface area contributed by atoms with E-state index in [0.29, 0.717) is 27.0 Å². The van der Waals surface area contributed by atoms with Crippen LogP contribution in [0.1, 0.15) is 36.8 Å². The second kappa shape index (κ2) is 6.58. The molecule has 0 unspecified atom stereocenters. The molecule has 1 aromatic rings. The predicted molar refractivity (Wildman–Crippen MR) is 90.2 cm³/mol. The van der Waals surface area contributed by atoms with E-state index in [4.69, 9.17) is 5.73 Å². The fraction of sp³-hybridized carbons (Fsp3) is 0.600. The van der Waals surface area contributed by atoms with E-state index in [9.17, 15) is 8.42 Å². The van der Waals surface area contributed by atoms with Gasteiger partial charge in [0.05, 0.1) is 4.90 Å². The van der Waals surface area contributed by atoms with Crippen LogP contribution in [0.5, 0.6) is 0 Å². The van der Waals surface area contributed by atoms with E-state index in [1.165, 1.54) is 0 Å². The summed E-state index contributed by atoms with van der Waals surface area (Å²) < 4.78 is 28.2. The molecule has 1 aliphatic rings. The maximum absolute atomic E-state index is 12.6. The highest BCUT2D eigenvalue weighted by Gasteiger charge is 2.27. The first-order valence-corrected chi connectivity index (χ1v) is 10.0. The monoisotopic (exact) mass is 328 g/mol. The Morgan fingerprint density at radius 1 is 1.14 bits per heavy atom. The van der Waals surface area contributed by atoms with Gasteiger partial charge in [0.2, 0.25) is 10.0 Å². The van der Waals surface area contributed by atoms with E-state index in [-0.39, 0.29) is 6.04 Å². The van der Waals surface area contributed by atoms with Crippen molar-refractivity contribution in [1.82, 2.24) is 4.72 Å². The Labute approximate surface area is 131 Å². The van der Waals surface area contributed by atoms with Gasteiger partial charge in [-0.1, -0.05) is 0 Å². The van der Waals surface area contributed by atoms with Gasteiger partial charge in [0.25, 0.3) is 0 Å². The Hall–Kier alpha value is -0.720. The molecule has 0 spiro atoms. The number of rotatable bonds is 4. The highest BCUT2D eigenvalue weighted by molar-refractivity contribution is 7.99. The zero-order valence-electron chi connectivity index (χ0n) is 12.8. The van der Waals surface area contributed by atoms with E-state index in [1.54, 1.807) is 26.0 Å². The number of hydrogen-bond donors (Lipinski definition) is 2. The minimum atomic E-state index is -3.47. The Bertz CT molecular complexity index is 583. The van der Waals surface area contributed by atoms with Crippen LogP contribution in [0, 0.1) is 13.8 Å². The average Bonchev–Trinajstić information content (AvgIpc) is 2.37. The summed E-state index contributed by atoms with van der Waals surface area (Å²) in [5.74, 6) is 0. The fourth-order valence-electron chi connectivity index (χ4n) is 3.10. The second-order valence-electron chi connectivity index (χ2n) is 5.81. The summed E-state index contributed by atoms with van der Waals surface area (Å²) in [6, 6.07) is 3.48. The first-order valence-electron chi connectivity index (χ1n) is 7.25. The molecule has 0 saturated heterocycles. The summed E-state index contributed by atoms with van der Waals surface area (Å²) in [5.41, 5.74) is 7.78. The number of aryl methyl sites for hydroxylation is 2. The SMILES string of the molecule is CSC1CCC(NS(=O)(=O)c2c(C)cc(N)cc2C)CC1. The van der Waals surface area contributed by atoms with E-state index in [2.05, 4.69) is 11.0 Å². The van der Waals surface area contributed by atoms with Gasteiger partial charge in [0.15, 0.2) is 0 Å². The lowest BCUT2D eigenvalue weighted by Crippen LogP contribution is -2.38. The van der Waals surface area contributed by atoms with Gasteiger partial charge >= 0.3 is 0 Å². The summed E-state index contributed by atoms with van der Waals surface area (Å²) >= 11 is 1.88. The van der Waals surface area contributed by atoms with Crippen LogP contribution in [-0.2, 0) is 10.0 Å². The third kappa shape index (κ3) is 3.93. The summed E-state index contributed by atoms with van der Waals surface area (Å²) in [7, 11) is -3.47. The molecule has 0 atom stereocenters. The first kappa shape index (κ1) is 16.6. The van der Waals surface area contributed by atoms with Crippen molar-refractivity contribution >= 4 is 27.5 Å². The van der Waals surface area contributed by atoms with Crippen molar-refractivity contribution in [3.05, 3.63) is 23.3 Å². The quantitative estimate of drug-likeness (QED) is 0.834. The number of nitrogen functional groups attached to an aromatic ring is 1. The van der Waals surface area contributed by atoms with E-state index >= 15 is 0 Å². The molecule has 118 valence electrons. The van der Waals surface area contributed by atoms with Crippen LogP contribution in [0.15, 0.2) is 17.0 Å². The molecule has 0 amide bonds. The van der Waals surface area contributed by atoms with Gasteiger partial charge in [-0.05, 0) is 69.0 Å². The third-order valence-corrected chi connectivity index (χ3v) is 7.04. The zero-order chi connectivity index (χ0) is 15.6. The molecule has 2 rings (SSSR count). The lowest BCUT2D eigenvalue weighted by atomic mass is 9.96. The summed E-state index contributed by atoms with van der Waals surface area (Å²) in [4.78, 5) is 0.378. The van der Waals surface area contributed by atoms with Crippen molar-refractivity contribution in [2.45, 2.75) is 55.7 Å². The Morgan fingerprint density at radius 3 is 2.14 bits per heavy atom. The predicted octanol–water partition coefficient (Wildman–Crippen LogP) is 2.84. The fourth-order valence-corrected chi connectivity index (χ4v) is 5.60. The highest BCUT2D eigenvalue weighted by atomic mass is 32.2. The summed E-state index contributed by atoms with van der Waals surface area (Å²) in [6.45, 7) is 3.59. The molecule has 6 heteroatoms.